The maximum Gasteiger partial charge on any atom is 0.416 e. The van der Waals surface area contributed by atoms with Crippen LogP contribution >= 0.6 is 11.8 Å². The van der Waals surface area contributed by atoms with E-state index in [2.05, 4.69) is 26.1 Å². The molecule has 5 heteroatoms. The fourth-order valence-corrected chi connectivity index (χ4v) is 3.08. The molecule has 0 amide bonds. The number of hydrogen-bond donors (Lipinski definition) is 1. The Kier molecular flexibility index (Phi) is 7.07. The average molecular weight is 319 g/mol. The minimum Gasteiger partial charge on any atom is -0.310 e. The number of benzene rings is 1. The second-order valence-electron chi connectivity index (χ2n) is 5.52. The Hall–Kier alpha value is -0.680. The second-order valence-corrected chi connectivity index (χ2v) is 6.93. The average Bonchev–Trinajstić information content (AvgIpc) is 2.42. The lowest BCUT2D eigenvalue weighted by atomic mass is 10.0. The lowest BCUT2D eigenvalue weighted by molar-refractivity contribution is -0.137. The quantitative estimate of drug-likeness (QED) is 0.747. The van der Waals surface area contributed by atoms with Crippen molar-refractivity contribution in [2.24, 2.45) is 5.92 Å². The minimum absolute atomic E-state index is 0.0523. The van der Waals surface area contributed by atoms with Gasteiger partial charge in [-0.2, -0.15) is 24.9 Å². The zero-order valence-electron chi connectivity index (χ0n) is 13.0. The molecular weight excluding hydrogens is 295 g/mol. The van der Waals surface area contributed by atoms with Crippen molar-refractivity contribution in [1.82, 2.24) is 5.32 Å². The highest BCUT2D eigenvalue weighted by molar-refractivity contribution is 7.99. The van der Waals surface area contributed by atoms with Gasteiger partial charge in [-0.3, -0.25) is 0 Å². The number of thioether (sulfide) groups is 1. The molecule has 0 aliphatic heterocycles. The molecule has 0 aliphatic carbocycles. The van der Waals surface area contributed by atoms with E-state index in [0.717, 1.165) is 18.4 Å². The SMILES string of the molecule is CCNC(CSC(C)C(C)C)c1cccc(C(F)(F)F)c1. The maximum atomic E-state index is 12.8. The van der Waals surface area contributed by atoms with Gasteiger partial charge in [-0.25, -0.2) is 0 Å². The van der Waals surface area contributed by atoms with Gasteiger partial charge in [0.25, 0.3) is 0 Å². The summed E-state index contributed by atoms with van der Waals surface area (Å²) < 4.78 is 38.4. The summed E-state index contributed by atoms with van der Waals surface area (Å²) in [5.74, 6) is 1.33. The van der Waals surface area contributed by atoms with E-state index in [1.54, 1.807) is 17.8 Å². The molecule has 120 valence electrons. The van der Waals surface area contributed by atoms with Gasteiger partial charge in [-0.15, -0.1) is 0 Å². The molecule has 1 aromatic carbocycles. The van der Waals surface area contributed by atoms with Gasteiger partial charge in [0.2, 0.25) is 0 Å². The highest BCUT2D eigenvalue weighted by Gasteiger charge is 2.31. The molecule has 0 saturated carbocycles. The van der Waals surface area contributed by atoms with Crippen LogP contribution in [0.15, 0.2) is 24.3 Å². The predicted molar refractivity (Wildman–Crippen MR) is 84.6 cm³/mol. The normalized spacial score (nSPS) is 15.2. The molecule has 0 saturated heterocycles. The lowest BCUT2D eigenvalue weighted by Crippen LogP contribution is -2.24. The van der Waals surface area contributed by atoms with Crippen molar-refractivity contribution in [3.63, 3.8) is 0 Å². The molecule has 0 aromatic heterocycles. The molecular formula is C16H24F3NS. The highest BCUT2D eigenvalue weighted by atomic mass is 32.2. The van der Waals surface area contributed by atoms with Crippen molar-refractivity contribution in [1.29, 1.82) is 0 Å². The minimum atomic E-state index is -4.29. The highest BCUT2D eigenvalue weighted by Crippen LogP contribution is 2.32. The van der Waals surface area contributed by atoms with E-state index in [4.69, 9.17) is 0 Å². The monoisotopic (exact) mass is 319 g/mol. The van der Waals surface area contributed by atoms with Crippen LogP contribution in [0.4, 0.5) is 13.2 Å². The van der Waals surface area contributed by atoms with Gasteiger partial charge in [0.1, 0.15) is 0 Å². The summed E-state index contributed by atoms with van der Waals surface area (Å²) in [6, 6.07) is 5.58. The first-order valence-corrected chi connectivity index (χ1v) is 8.32. The zero-order valence-corrected chi connectivity index (χ0v) is 13.8. The van der Waals surface area contributed by atoms with Crippen LogP contribution in [0.3, 0.4) is 0 Å². The molecule has 1 rings (SSSR count). The van der Waals surface area contributed by atoms with Gasteiger partial charge >= 0.3 is 6.18 Å². The van der Waals surface area contributed by atoms with E-state index in [9.17, 15) is 13.2 Å². The van der Waals surface area contributed by atoms with E-state index in [1.807, 2.05) is 6.92 Å². The number of halogens is 3. The van der Waals surface area contributed by atoms with Crippen molar-refractivity contribution < 1.29 is 13.2 Å². The van der Waals surface area contributed by atoms with Crippen LogP contribution in [0.5, 0.6) is 0 Å². The molecule has 2 atom stereocenters. The third-order valence-corrected chi connectivity index (χ3v) is 5.13. The maximum absolute atomic E-state index is 12.8. The van der Waals surface area contributed by atoms with Gasteiger partial charge in [0.05, 0.1) is 5.56 Å². The standard InChI is InChI=1S/C16H24F3NS/c1-5-20-15(10-21-12(4)11(2)3)13-7-6-8-14(9-13)16(17,18)19/h6-9,11-12,15,20H,5,10H2,1-4H3. The molecule has 0 bridgehead atoms. The Balaban J connectivity index is 2.85. The molecule has 0 fully saturated rings. The van der Waals surface area contributed by atoms with Gasteiger partial charge in [-0.1, -0.05) is 39.8 Å². The topological polar surface area (TPSA) is 12.0 Å². The van der Waals surface area contributed by atoms with Gasteiger partial charge in [0, 0.05) is 17.0 Å². The van der Waals surface area contributed by atoms with E-state index < -0.39 is 11.7 Å². The summed E-state index contributed by atoms with van der Waals surface area (Å²) in [5, 5.41) is 3.77. The zero-order chi connectivity index (χ0) is 16.0. The van der Waals surface area contributed by atoms with Crippen LogP contribution < -0.4 is 5.32 Å². The van der Waals surface area contributed by atoms with Crippen LogP contribution in [0, 0.1) is 5.92 Å². The van der Waals surface area contributed by atoms with Crippen molar-refractivity contribution >= 4 is 11.8 Å². The van der Waals surface area contributed by atoms with E-state index >= 15 is 0 Å². The fraction of sp³-hybridized carbons (Fsp3) is 0.625. The molecule has 1 nitrogen and oxygen atoms in total. The summed E-state index contributed by atoms with van der Waals surface area (Å²) in [6.45, 7) is 9.17. The molecule has 1 N–H and O–H groups in total. The van der Waals surface area contributed by atoms with E-state index in [1.165, 1.54) is 12.1 Å². The van der Waals surface area contributed by atoms with Crippen molar-refractivity contribution in [2.75, 3.05) is 12.3 Å². The van der Waals surface area contributed by atoms with Crippen molar-refractivity contribution in [3.8, 4) is 0 Å². The van der Waals surface area contributed by atoms with E-state index in [-0.39, 0.29) is 6.04 Å². The Morgan fingerprint density at radius 1 is 1.19 bits per heavy atom. The van der Waals surface area contributed by atoms with Crippen LogP contribution in [0.2, 0.25) is 0 Å². The van der Waals surface area contributed by atoms with Crippen molar-refractivity contribution in [2.45, 2.75) is 45.2 Å². The Morgan fingerprint density at radius 3 is 2.38 bits per heavy atom. The molecule has 0 radical (unpaired) electrons. The number of hydrogen-bond acceptors (Lipinski definition) is 2. The number of alkyl halides is 3. The first-order valence-electron chi connectivity index (χ1n) is 7.27. The summed E-state index contributed by atoms with van der Waals surface area (Å²) in [7, 11) is 0. The van der Waals surface area contributed by atoms with Gasteiger partial charge < -0.3 is 5.32 Å². The second kappa shape index (κ2) is 8.08. The Bertz CT molecular complexity index is 432. The summed E-state index contributed by atoms with van der Waals surface area (Å²) in [4.78, 5) is 0. The molecule has 0 spiro atoms. The van der Waals surface area contributed by atoms with Crippen LogP contribution in [-0.2, 0) is 6.18 Å². The summed E-state index contributed by atoms with van der Waals surface area (Å²) in [6.07, 6.45) is -4.29. The molecule has 0 heterocycles. The largest absolute Gasteiger partial charge is 0.416 e. The molecule has 21 heavy (non-hydrogen) atoms. The fourth-order valence-electron chi connectivity index (χ4n) is 1.89. The van der Waals surface area contributed by atoms with Crippen molar-refractivity contribution in [3.05, 3.63) is 35.4 Å². The molecule has 0 aliphatic rings. The number of nitrogens with one attached hydrogen (secondary N) is 1. The van der Waals surface area contributed by atoms with Crippen LogP contribution in [-0.4, -0.2) is 17.5 Å². The lowest BCUT2D eigenvalue weighted by Gasteiger charge is -2.22. The molecule has 1 aromatic rings. The van der Waals surface area contributed by atoms with Gasteiger partial charge in [-0.05, 0) is 30.2 Å². The third kappa shape index (κ3) is 5.91. The Morgan fingerprint density at radius 2 is 1.86 bits per heavy atom. The third-order valence-electron chi connectivity index (χ3n) is 3.53. The van der Waals surface area contributed by atoms with E-state index in [0.29, 0.717) is 16.7 Å². The van der Waals surface area contributed by atoms with Crippen LogP contribution in [0.1, 0.15) is 44.9 Å². The van der Waals surface area contributed by atoms with Crippen LogP contribution in [0.25, 0.3) is 0 Å². The predicted octanol–water partition coefficient (Wildman–Crippen LogP) is 5.13. The summed E-state index contributed by atoms with van der Waals surface area (Å²) >= 11 is 1.80. The first-order chi connectivity index (χ1) is 9.75. The van der Waals surface area contributed by atoms with Gasteiger partial charge in [0.15, 0.2) is 0 Å². The number of rotatable bonds is 7. The molecule has 2 unspecified atom stereocenters. The summed E-state index contributed by atoms with van der Waals surface area (Å²) in [5.41, 5.74) is 0.125. The smallest absolute Gasteiger partial charge is 0.310 e. The Labute approximate surface area is 129 Å². The first kappa shape index (κ1) is 18.4.